The van der Waals surface area contributed by atoms with Gasteiger partial charge in [-0.3, -0.25) is 4.79 Å². The third kappa shape index (κ3) is 4.45. The van der Waals surface area contributed by atoms with Gasteiger partial charge in [0.05, 0.1) is 0 Å². The molecule has 138 valence electrons. The van der Waals surface area contributed by atoms with Crippen LogP contribution in [0.15, 0.2) is 91.0 Å². The Hall–Kier alpha value is -2.45. The second-order valence-electron chi connectivity index (χ2n) is 6.34. The van der Waals surface area contributed by atoms with E-state index < -0.39 is 13.2 Å². The Morgan fingerprint density at radius 1 is 0.741 bits per heavy atom. The zero-order valence-electron chi connectivity index (χ0n) is 15.0. The van der Waals surface area contributed by atoms with Gasteiger partial charge in [-0.05, 0) is 28.6 Å². The molecule has 0 fully saturated rings. The van der Waals surface area contributed by atoms with Crippen LogP contribution in [0.1, 0.15) is 12.8 Å². The molecule has 3 aromatic rings. The van der Waals surface area contributed by atoms with E-state index in [2.05, 4.69) is 36.4 Å². The Bertz CT molecular complexity index is 816. The maximum atomic E-state index is 12.8. The van der Waals surface area contributed by atoms with E-state index in [-0.39, 0.29) is 18.6 Å². The Morgan fingerprint density at radius 2 is 1.11 bits per heavy atom. The lowest BCUT2D eigenvalue weighted by molar-refractivity contribution is -0.115. The summed E-state index contributed by atoms with van der Waals surface area (Å²) in [4.78, 5) is 12.8. The van der Waals surface area contributed by atoms with Gasteiger partial charge < -0.3 is 10.2 Å². The molecule has 0 aliphatic carbocycles. The van der Waals surface area contributed by atoms with E-state index in [0.717, 1.165) is 15.9 Å². The number of carbonyl (C=O) groups excluding carboxylic acids is 1. The van der Waals surface area contributed by atoms with Crippen LogP contribution in [-0.2, 0) is 4.79 Å². The summed E-state index contributed by atoms with van der Waals surface area (Å²) < 4.78 is 0. The van der Waals surface area contributed by atoms with E-state index in [9.17, 15) is 4.79 Å². The normalized spacial score (nSPS) is 11.4. The summed E-state index contributed by atoms with van der Waals surface area (Å²) in [5.74, 6) is 1.75. The Morgan fingerprint density at radius 3 is 1.44 bits per heavy atom. The first-order valence-electron chi connectivity index (χ1n) is 8.93. The molecular weight excluding hydrogens is 355 g/mol. The summed E-state index contributed by atoms with van der Waals surface area (Å²) in [5, 5.41) is 21.6. The van der Waals surface area contributed by atoms with Crippen LogP contribution < -0.4 is 15.9 Å². The molecule has 3 aromatic carbocycles. The van der Waals surface area contributed by atoms with Crippen molar-refractivity contribution in [2.45, 2.75) is 19.1 Å². The van der Waals surface area contributed by atoms with Crippen LogP contribution in [0.3, 0.4) is 0 Å². The molecule has 0 saturated carbocycles. The Kier molecular flexibility index (Phi) is 6.41. The van der Waals surface area contributed by atoms with Gasteiger partial charge in [-0.1, -0.05) is 91.0 Å². The summed E-state index contributed by atoms with van der Waals surface area (Å²) in [6, 6.07) is 30.3. The van der Waals surface area contributed by atoms with Crippen molar-refractivity contribution in [1.82, 2.24) is 0 Å². The highest BCUT2D eigenvalue weighted by Gasteiger charge is 2.26. The predicted molar refractivity (Wildman–Crippen MR) is 114 cm³/mol. The molecule has 0 heterocycles. The van der Waals surface area contributed by atoms with Crippen molar-refractivity contribution in [1.29, 1.82) is 0 Å². The summed E-state index contributed by atoms with van der Waals surface area (Å²) in [7, 11) is 0. The summed E-state index contributed by atoms with van der Waals surface area (Å²) in [6.45, 7) is -2.31. The first-order chi connectivity index (χ1) is 13.1. The SMILES string of the molecule is O=C(C=P(c1ccccc1)(c1ccccc1)c1ccccc1)CCC(O)O. The summed E-state index contributed by atoms with van der Waals surface area (Å²) in [6.07, 6.45) is -1.33. The molecule has 0 aliphatic rings. The maximum Gasteiger partial charge on any atom is 0.156 e. The largest absolute Gasteiger partial charge is 0.368 e. The van der Waals surface area contributed by atoms with Gasteiger partial charge in [-0.15, -0.1) is 0 Å². The summed E-state index contributed by atoms with van der Waals surface area (Å²) >= 11 is 0. The summed E-state index contributed by atoms with van der Waals surface area (Å²) in [5.41, 5.74) is 0. The van der Waals surface area contributed by atoms with Gasteiger partial charge in [0.25, 0.3) is 0 Å². The molecule has 0 bridgehead atoms. The van der Waals surface area contributed by atoms with Crippen LogP contribution in [0, 0.1) is 0 Å². The first-order valence-corrected chi connectivity index (χ1v) is 10.8. The lowest BCUT2D eigenvalue weighted by Crippen LogP contribution is -2.28. The van der Waals surface area contributed by atoms with Crippen LogP contribution in [0.4, 0.5) is 0 Å². The lowest BCUT2D eigenvalue weighted by Gasteiger charge is -2.28. The Balaban J connectivity index is 2.28. The molecule has 27 heavy (non-hydrogen) atoms. The zero-order valence-corrected chi connectivity index (χ0v) is 15.9. The number of rotatable bonds is 7. The molecule has 0 unspecified atom stereocenters. The molecule has 0 aliphatic heterocycles. The highest BCUT2D eigenvalue weighted by Crippen LogP contribution is 2.43. The molecule has 0 atom stereocenters. The van der Waals surface area contributed by atoms with Gasteiger partial charge in [0.15, 0.2) is 12.1 Å². The molecule has 3 rings (SSSR count). The van der Waals surface area contributed by atoms with Crippen LogP contribution in [-0.4, -0.2) is 28.1 Å². The Labute approximate surface area is 159 Å². The quantitative estimate of drug-likeness (QED) is 0.491. The fraction of sp³-hybridized carbons (Fsp3) is 0.130. The van der Waals surface area contributed by atoms with E-state index in [1.807, 2.05) is 60.4 Å². The minimum Gasteiger partial charge on any atom is -0.368 e. The zero-order chi connectivity index (χ0) is 19.1. The van der Waals surface area contributed by atoms with Crippen molar-refractivity contribution >= 4 is 34.4 Å². The second-order valence-corrected chi connectivity index (χ2v) is 9.60. The minimum atomic E-state index is -2.31. The third-order valence-corrected chi connectivity index (χ3v) is 8.49. The van der Waals surface area contributed by atoms with Crippen molar-refractivity contribution in [2.75, 3.05) is 0 Å². The van der Waals surface area contributed by atoms with Crippen LogP contribution in [0.5, 0.6) is 0 Å². The van der Waals surface area contributed by atoms with Gasteiger partial charge in [0.2, 0.25) is 0 Å². The van der Waals surface area contributed by atoms with Gasteiger partial charge >= 0.3 is 0 Å². The molecule has 0 saturated heterocycles. The van der Waals surface area contributed by atoms with E-state index in [1.165, 1.54) is 0 Å². The molecule has 0 spiro atoms. The molecule has 0 amide bonds. The number of aliphatic hydroxyl groups is 2. The van der Waals surface area contributed by atoms with Crippen molar-refractivity contribution in [3.05, 3.63) is 91.0 Å². The monoisotopic (exact) mass is 378 g/mol. The highest BCUT2D eigenvalue weighted by molar-refractivity contribution is 7.95. The lowest BCUT2D eigenvalue weighted by atomic mass is 10.2. The number of benzene rings is 3. The van der Waals surface area contributed by atoms with Gasteiger partial charge in [0.1, 0.15) is 0 Å². The van der Waals surface area contributed by atoms with Gasteiger partial charge in [-0.25, -0.2) is 0 Å². The average molecular weight is 378 g/mol. The van der Waals surface area contributed by atoms with Crippen molar-refractivity contribution < 1.29 is 15.0 Å². The average Bonchev–Trinajstić information content (AvgIpc) is 2.72. The molecule has 0 radical (unpaired) electrons. The number of aliphatic hydroxyl groups excluding tert-OH is 1. The molecule has 2 N–H and O–H groups in total. The maximum absolute atomic E-state index is 12.8. The molecular formula is C23H23O3P. The molecule has 3 nitrogen and oxygen atoms in total. The van der Waals surface area contributed by atoms with Crippen molar-refractivity contribution in [3.8, 4) is 0 Å². The van der Waals surface area contributed by atoms with E-state index >= 15 is 0 Å². The van der Waals surface area contributed by atoms with E-state index in [4.69, 9.17) is 10.2 Å². The van der Waals surface area contributed by atoms with Crippen LogP contribution in [0.25, 0.3) is 0 Å². The molecule has 4 heteroatoms. The minimum absolute atomic E-state index is 0.0354. The van der Waals surface area contributed by atoms with Crippen LogP contribution >= 0.6 is 6.89 Å². The third-order valence-electron chi connectivity index (χ3n) is 4.48. The number of hydrogen-bond donors (Lipinski definition) is 2. The van der Waals surface area contributed by atoms with E-state index in [0.29, 0.717) is 0 Å². The number of carbonyl (C=O) groups is 1. The van der Waals surface area contributed by atoms with E-state index in [1.54, 1.807) is 0 Å². The second kappa shape index (κ2) is 8.96. The highest BCUT2D eigenvalue weighted by atomic mass is 31.2. The fourth-order valence-corrected chi connectivity index (χ4v) is 7.04. The van der Waals surface area contributed by atoms with Crippen molar-refractivity contribution in [2.24, 2.45) is 0 Å². The van der Waals surface area contributed by atoms with Gasteiger partial charge in [0, 0.05) is 12.8 Å². The van der Waals surface area contributed by atoms with Gasteiger partial charge in [-0.2, -0.15) is 0 Å². The fourth-order valence-electron chi connectivity index (χ4n) is 3.21. The smallest absolute Gasteiger partial charge is 0.156 e. The topological polar surface area (TPSA) is 57.5 Å². The van der Waals surface area contributed by atoms with Crippen LogP contribution in [0.2, 0.25) is 0 Å². The van der Waals surface area contributed by atoms with Crippen molar-refractivity contribution in [3.63, 3.8) is 0 Å². The molecule has 0 aromatic heterocycles. The number of Topliss-reactive ketones (excluding diaryl/α,β-unsaturated/α-hetero) is 1. The predicted octanol–water partition coefficient (Wildman–Crippen LogP) is 2.44. The first kappa shape index (κ1) is 19.3. The number of ketones is 1. The number of hydrogen-bond acceptors (Lipinski definition) is 3. The standard InChI is InChI=1S/C23H23O3P/c24-19(16-17-23(25)26)18-27(20-10-4-1-5-11-20,21-12-6-2-7-13-21)22-14-8-3-9-15-22/h1-15,18,23,25-26H,16-17H2.